The third-order valence-electron chi connectivity index (χ3n) is 3.84. The third kappa shape index (κ3) is 2.48. The maximum Gasteiger partial charge on any atom is 0.309 e. The molecule has 1 aromatic carbocycles. The van der Waals surface area contributed by atoms with E-state index < -0.39 is 5.97 Å². The van der Waals surface area contributed by atoms with Gasteiger partial charge in [-0.25, -0.2) is 4.98 Å². The number of fused-ring (bicyclic) bond motifs is 1. The molecule has 112 valence electrons. The molecule has 2 heterocycles. The average molecular weight is 294 g/mol. The van der Waals surface area contributed by atoms with E-state index in [1.807, 2.05) is 55.6 Å². The maximum absolute atomic E-state index is 11.3. The summed E-state index contributed by atoms with van der Waals surface area (Å²) in [7, 11) is 0. The van der Waals surface area contributed by atoms with Gasteiger partial charge in [-0.15, -0.1) is 0 Å². The normalized spacial score (nSPS) is 11.0. The fraction of sp³-hybridized carbons (Fsp3) is 0.222. The fourth-order valence-corrected chi connectivity index (χ4v) is 2.80. The van der Waals surface area contributed by atoms with Gasteiger partial charge in [0.1, 0.15) is 5.65 Å². The molecule has 0 amide bonds. The van der Waals surface area contributed by atoms with Crippen molar-refractivity contribution in [1.82, 2.24) is 9.38 Å². The standard InChI is InChI=1S/C18H18N2O2/c1-11-4-5-14(13(3)8-11)18-15(10-17(21)22)20-7-6-12(2)9-16(20)19-18/h4-9H,10H2,1-3H3,(H,21,22). The second kappa shape index (κ2) is 5.30. The molecule has 4 nitrogen and oxygen atoms in total. The molecule has 0 radical (unpaired) electrons. The van der Waals surface area contributed by atoms with Gasteiger partial charge in [-0.2, -0.15) is 0 Å². The van der Waals surface area contributed by atoms with Crippen LogP contribution in [0.25, 0.3) is 16.9 Å². The van der Waals surface area contributed by atoms with Crippen LogP contribution in [0.3, 0.4) is 0 Å². The predicted octanol–water partition coefficient (Wildman–Crippen LogP) is 3.55. The highest BCUT2D eigenvalue weighted by molar-refractivity contribution is 5.77. The van der Waals surface area contributed by atoms with Gasteiger partial charge in [0, 0.05) is 11.8 Å². The van der Waals surface area contributed by atoms with Crippen molar-refractivity contribution >= 4 is 11.6 Å². The Bertz CT molecular complexity index is 878. The van der Waals surface area contributed by atoms with E-state index in [4.69, 9.17) is 0 Å². The topological polar surface area (TPSA) is 54.6 Å². The van der Waals surface area contributed by atoms with Crippen LogP contribution in [-0.2, 0) is 11.2 Å². The largest absolute Gasteiger partial charge is 0.481 e. The molecular weight excluding hydrogens is 276 g/mol. The van der Waals surface area contributed by atoms with Gasteiger partial charge in [0.05, 0.1) is 17.8 Å². The third-order valence-corrected chi connectivity index (χ3v) is 3.84. The molecule has 3 rings (SSSR count). The molecule has 1 N–H and O–H groups in total. The first-order valence-electron chi connectivity index (χ1n) is 7.22. The van der Waals surface area contributed by atoms with Crippen LogP contribution in [-0.4, -0.2) is 20.5 Å². The van der Waals surface area contributed by atoms with Gasteiger partial charge in [-0.3, -0.25) is 4.79 Å². The molecular formula is C18H18N2O2. The number of hydrogen-bond donors (Lipinski definition) is 1. The Balaban J connectivity index is 2.29. The molecule has 0 aliphatic carbocycles. The van der Waals surface area contributed by atoms with E-state index in [9.17, 15) is 9.90 Å². The highest BCUT2D eigenvalue weighted by atomic mass is 16.4. The quantitative estimate of drug-likeness (QED) is 0.803. The SMILES string of the molecule is Cc1ccc(-c2nc3cc(C)ccn3c2CC(=O)O)c(C)c1. The summed E-state index contributed by atoms with van der Waals surface area (Å²) in [6.07, 6.45) is 1.84. The second-order valence-corrected chi connectivity index (χ2v) is 5.73. The molecule has 0 aliphatic heterocycles. The van der Waals surface area contributed by atoms with Gasteiger partial charge < -0.3 is 9.51 Å². The summed E-state index contributed by atoms with van der Waals surface area (Å²) in [6, 6.07) is 10.1. The minimum atomic E-state index is -0.853. The molecule has 0 bridgehead atoms. The number of pyridine rings is 1. The van der Waals surface area contributed by atoms with E-state index in [0.29, 0.717) is 0 Å². The number of imidazole rings is 1. The zero-order valence-electron chi connectivity index (χ0n) is 12.9. The Morgan fingerprint density at radius 1 is 1.14 bits per heavy atom. The summed E-state index contributed by atoms with van der Waals surface area (Å²) < 4.78 is 1.87. The van der Waals surface area contributed by atoms with Crippen molar-refractivity contribution in [2.75, 3.05) is 0 Å². The van der Waals surface area contributed by atoms with Crippen molar-refractivity contribution in [3.63, 3.8) is 0 Å². The smallest absolute Gasteiger partial charge is 0.309 e. The van der Waals surface area contributed by atoms with Gasteiger partial charge in [-0.1, -0.05) is 23.8 Å². The van der Waals surface area contributed by atoms with E-state index in [1.165, 1.54) is 5.56 Å². The molecule has 0 unspecified atom stereocenters. The van der Waals surface area contributed by atoms with Crippen molar-refractivity contribution in [3.05, 3.63) is 58.9 Å². The average Bonchev–Trinajstić information content (AvgIpc) is 2.76. The Kier molecular flexibility index (Phi) is 3.45. The minimum Gasteiger partial charge on any atom is -0.481 e. The van der Waals surface area contributed by atoms with Gasteiger partial charge in [0.2, 0.25) is 0 Å². The lowest BCUT2D eigenvalue weighted by atomic mass is 10.0. The number of aryl methyl sites for hydroxylation is 3. The Hall–Kier alpha value is -2.62. The highest BCUT2D eigenvalue weighted by Gasteiger charge is 2.18. The van der Waals surface area contributed by atoms with Crippen LogP contribution < -0.4 is 0 Å². The zero-order chi connectivity index (χ0) is 15.9. The minimum absolute atomic E-state index is 0.0487. The number of carboxylic acid groups (broad SMARTS) is 1. The van der Waals surface area contributed by atoms with Crippen molar-refractivity contribution < 1.29 is 9.90 Å². The summed E-state index contributed by atoms with van der Waals surface area (Å²) >= 11 is 0. The van der Waals surface area contributed by atoms with Crippen molar-refractivity contribution in [2.45, 2.75) is 27.2 Å². The number of benzene rings is 1. The Labute approximate surface area is 129 Å². The first-order chi connectivity index (χ1) is 10.5. The Morgan fingerprint density at radius 2 is 1.86 bits per heavy atom. The van der Waals surface area contributed by atoms with E-state index in [2.05, 4.69) is 11.1 Å². The van der Waals surface area contributed by atoms with E-state index >= 15 is 0 Å². The number of nitrogens with zero attached hydrogens (tertiary/aromatic N) is 2. The molecule has 22 heavy (non-hydrogen) atoms. The van der Waals surface area contributed by atoms with E-state index in [1.54, 1.807) is 0 Å². The Morgan fingerprint density at radius 3 is 2.55 bits per heavy atom. The summed E-state index contributed by atoms with van der Waals surface area (Å²) in [6.45, 7) is 6.08. The molecule has 0 saturated carbocycles. The van der Waals surface area contributed by atoms with Gasteiger partial charge in [-0.05, 0) is 44.0 Å². The van der Waals surface area contributed by atoms with Crippen LogP contribution in [0.15, 0.2) is 36.5 Å². The van der Waals surface area contributed by atoms with Gasteiger partial charge in [0.25, 0.3) is 0 Å². The summed E-state index contributed by atoms with van der Waals surface area (Å²) in [4.78, 5) is 15.9. The van der Waals surface area contributed by atoms with E-state index in [-0.39, 0.29) is 6.42 Å². The van der Waals surface area contributed by atoms with Crippen molar-refractivity contribution in [1.29, 1.82) is 0 Å². The van der Waals surface area contributed by atoms with Crippen molar-refractivity contribution in [2.24, 2.45) is 0 Å². The molecule has 0 atom stereocenters. The summed E-state index contributed by atoms with van der Waals surface area (Å²) in [5, 5.41) is 9.24. The van der Waals surface area contributed by atoms with Crippen LogP contribution in [0.4, 0.5) is 0 Å². The molecule has 0 saturated heterocycles. The number of rotatable bonds is 3. The zero-order valence-corrected chi connectivity index (χ0v) is 12.9. The number of carboxylic acids is 1. The predicted molar refractivity (Wildman–Crippen MR) is 86.2 cm³/mol. The second-order valence-electron chi connectivity index (χ2n) is 5.73. The summed E-state index contributed by atoms with van der Waals surface area (Å²) in [5.41, 5.74) is 6.63. The lowest BCUT2D eigenvalue weighted by Crippen LogP contribution is -2.05. The molecule has 3 aromatic rings. The van der Waals surface area contributed by atoms with Crippen LogP contribution >= 0.6 is 0 Å². The number of hydrogen-bond acceptors (Lipinski definition) is 2. The fourth-order valence-electron chi connectivity index (χ4n) is 2.80. The number of aromatic nitrogens is 2. The highest BCUT2D eigenvalue weighted by Crippen LogP contribution is 2.28. The first-order valence-corrected chi connectivity index (χ1v) is 7.22. The number of carbonyl (C=O) groups is 1. The molecule has 4 heteroatoms. The van der Waals surface area contributed by atoms with Crippen LogP contribution in [0.2, 0.25) is 0 Å². The summed E-state index contributed by atoms with van der Waals surface area (Å²) in [5.74, 6) is -0.853. The van der Waals surface area contributed by atoms with Gasteiger partial charge in [0.15, 0.2) is 0 Å². The molecule has 0 fully saturated rings. The van der Waals surface area contributed by atoms with Crippen LogP contribution in [0.5, 0.6) is 0 Å². The number of aliphatic carboxylic acids is 1. The molecule has 0 spiro atoms. The first kappa shape index (κ1) is 14.3. The van der Waals surface area contributed by atoms with Crippen molar-refractivity contribution in [3.8, 4) is 11.3 Å². The van der Waals surface area contributed by atoms with Crippen LogP contribution in [0.1, 0.15) is 22.4 Å². The lowest BCUT2D eigenvalue weighted by molar-refractivity contribution is -0.136. The maximum atomic E-state index is 11.3. The molecule has 0 aliphatic rings. The van der Waals surface area contributed by atoms with Crippen LogP contribution in [0, 0.1) is 20.8 Å². The van der Waals surface area contributed by atoms with E-state index in [0.717, 1.165) is 33.7 Å². The lowest BCUT2D eigenvalue weighted by Gasteiger charge is -2.07. The monoisotopic (exact) mass is 294 g/mol. The van der Waals surface area contributed by atoms with Gasteiger partial charge >= 0.3 is 5.97 Å². The molecule has 2 aromatic heterocycles.